The maximum absolute atomic E-state index is 12.8. The molecule has 9 heteroatoms. The topological polar surface area (TPSA) is 78.9 Å². The summed E-state index contributed by atoms with van der Waals surface area (Å²) >= 11 is 0. The molecule has 0 radical (unpaired) electrons. The Hall–Kier alpha value is -1.51. The molecule has 1 fully saturated rings. The molecular weight excluding hydrogens is 293 g/mol. The first kappa shape index (κ1) is 17.5. The van der Waals surface area contributed by atoms with Gasteiger partial charge in [-0.3, -0.25) is 0 Å². The molecule has 2 N–H and O–H groups in total. The highest BCUT2D eigenvalue weighted by molar-refractivity contribution is 5.86. The van der Waals surface area contributed by atoms with Gasteiger partial charge in [0.25, 0.3) is 0 Å². The van der Waals surface area contributed by atoms with Gasteiger partial charge in [-0.05, 0) is 26.7 Å². The zero-order chi connectivity index (χ0) is 16.3. The van der Waals surface area contributed by atoms with Crippen molar-refractivity contribution in [2.45, 2.75) is 44.5 Å². The average molecular weight is 312 g/mol. The molecule has 0 saturated carbocycles. The number of carboxylic acid groups (broad SMARTS) is 1. The Morgan fingerprint density at radius 2 is 2.05 bits per heavy atom. The highest BCUT2D eigenvalue weighted by atomic mass is 19.4. The van der Waals surface area contributed by atoms with E-state index in [1.165, 1.54) is 0 Å². The number of nitrogens with zero attached hydrogens (tertiary/aromatic N) is 1. The summed E-state index contributed by atoms with van der Waals surface area (Å²) < 4.78 is 43.9. The third-order valence-electron chi connectivity index (χ3n) is 3.47. The normalized spacial score (nSPS) is 21.7. The summed E-state index contributed by atoms with van der Waals surface area (Å²) in [5, 5.41) is 10.3. The number of likely N-dealkylation sites (N-methyl/N-ethyl adjacent to an activating group) is 1. The van der Waals surface area contributed by atoms with Gasteiger partial charge in [0.2, 0.25) is 5.54 Å². The number of hydrogen-bond donors (Lipinski definition) is 2. The minimum Gasteiger partial charge on any atom is -0.479 e. The van der Waals surface area contributed by atoms with Crippen molar-refractivity contribution in [1.29, 1.82) is 0 Å². The van der Waals surface area contributed by atoms with Crippen molar-refractivity contribution < 1.29 is 32.6 Å². The van der Waals surface area contributed by atoms with Gasteiger partial charge in [0.1, 0.15) is 0 Å². The van der Waals surface area contributed by atoms with E-state index in [0.717, 1.165) is 17.7 Å². The predicted molar refractivity (Wildman–Crippen MR) is 66.8 cm³/mol. The first-order valence-electron chi connectivity index (χ1n) is 6.60. The fourth-order valence-corrected chi connectivity index (χ4v) is 1.93. The molecule has 21 heavy (non-hydrogen) atoms. The van der Waals surface area contributed by atoms with Crippen LogP contribution in [-0.2, 0) is 9.53 Å². The van der Waals surface area contributed by atoms with E-state index in [1.807, 2.05) is 0 Å². The quantitative estimate of drug-likeness (QED) is 0.808. The minimum atomic E-state index is -5.10. The number of carboxylic acids is 1. The van der Waals surface area contributed by atoms with Gasteiger partial charge in [0.15, 0.2) is 0 Å². The van der Waals surface area contributed by atoms with Crippen molar-refractivity contribution in [3.8, 4) is 0 Å². The van der Waals surface area contributed by atoms with E-state index < -0.39 is 23.7 Å². The fourth-order valence-electron chi connectivity index (χ4n) is 1.93. The third kappa shape index (κ3) is 3.99. The Kier molecular flexibility index (Phi) is 5.43. The van der Waals surface area contributed by atoms with Crippen LogP contribution >= 0.6 is 0 Å². The zero-order valence-electron chi connectivity index (χ0n) is 11.9. The summed E-state index contributed by atoms with van der Waals surface area (Å²) in [4.78, 5) is 23.9. The molecule has 0 bridgehead atoms. The number of ether oxygens (including phenoxy) is 1. The maximum Gasteiger partial charge on any atom is 0.422 e. The van der Waals surface area contributed by atoms with Gasteiger partial charge in [-0.25, -0.2) is 9.59 Å². The largest absolute Gasteiger partial charge is 0.479 e. The van der Waals surface area contributed by atoms with Crippen molar-refractivity contribution in [1.82, 2.24) is 10.2 Å². The number of alkyl halides is 3. The van der Waals surface area contributed by atoms with Crippen molar-refractivity contribution in [2.75, 3.05) is 19.7 Å². The van der Waals surface area contributed by atoms with E-state index in [-0.39, 0.29) is 19.2 Å². The molecule has 122 valence electrons. The van der Waals surface area contributed by atoms with E-state index in [9.17, 15) is 22.8 Å². The van der Waals surface area contributed by atoms with Crippen LogP contribution in [0.2, 0.25) is 0 Å². The summed E-state index contributed by atoms with van der Waals surface area (Å²) in [6.07, 6.45) is -3.77. The lowest BCUT2D eigenvalue weighted by Crippen LogP contribution is -2.64. The van der Waals surface area contributed by atoms with E-state index in [0.29, 0.717) is 13.5 Å². The zero-order valence-corrected chi connectivity index (χ0v) is 11.9. The standard InChI is InChI=1S/C12H19F3N2O4/c1-3-17(7-8-5-4-6-21-8)10(20)16-11(2,9(18)19)12(13,14)15/h8H,3-7H2,1-2H3,(H,16,20)(H,18,19). The summed E-state index contributed by atoms with van der Waals surface area (Å²) in [5.41, 5.74) is -3.33. The van der Waals surface area contributed by atoms with Crippen LogP contribution in [0.1, 0.15) is 26.7 Å². The van der Waals surface area contributed by atoms with Gasteiger partial charge in [0.05, 0.1) is 6.10 Å². The number of carbonyl (C=O) groups is 2. The number of carbonyl (C=O) groups excluding carboxylic acids is 1. The SMILES string of the molecule is CCN(CC1CCCO1)C(=O)NC(C)(C(=O)O)C(F)(F)F. The molecule has 2 amide bonds. The highest BCUT2D eigenvalue weighted by Crippen LogP contribution is 2.30. The van der Waals surface area contributed by atoms with Crippen LogP contribution in [0, 0.1) is 0 Å². The Labute approximate surface area is 120 Å². The monoisotopic (exact) mass is 312 g/mol. The van der Waals surface area contributed by atoms with E-state index in [1.54, 1.807) is 12.2 Å². The van der Waals surface area contributed by atoms with Crippen LogP contribution in [0.3, 0.4) is 0 Å². The minimum absolute atomic E-state index is 0.135. The van der Waals surface area contributed by atoms with Crippen molar-refractivity contribution >= 4 is 12.0 Å². The first-order chi connectivity index (χ1) is 9.61. The Balaban J connectivity index is 2.77. The predicted octanol–water partition coefficient (Wildman–Crippen LogP) is 1.60. The smallest absolute Gasteiger partial charge is 0.422 e. The van der Waals surface area contributed by atoms with Crippen molar-refractivity contribution in [3.05, 3.63) is 0 Å². The molecule has 1 saturated heterocycles. The lowest BCUT2D eigenvalue weighted by molar-refractivity contribution is -0.203. The number of rotatable bonds is 5. The Morgan fingerprint density at radius 3 is 2.43 bits per heavy atom. The number of amides is 2. The molecule has 0 aromatic rings. The number of hydrogen-bond acceptors (Lipinski definition) is 3. The second kappa shape index (κ2) is 6.50. The summed E-state index contributed by atoms with van der Waals surface area (Å²) in [6.45, 7) is 2.86. The van der Waals surface area contributed by atoms with Crippen molar-refractivity contribution in [2.24, 2.45) is 0 Å². The third-order valence-corrected chi connectivity index (χ3v) is 3.47. The lowest BCUT2D eigenvalue weighted by atomic mass is 10.0. The van der Waals surface area contributed by atoms with Crippen LogP contribution in [-0.4, -0.2) is 59.5 Å². The lowest BCUT2D eigenvalue weighted by Gasteiger charge is -2.32. The molecule has 6 nitrogen and oxygen atoms in total. The summed E-state index contributed by atoms with van der Waals surface area (Å²) in [5.74, 6) is -2.16. The van der Waals surface area contributed by atoms with Crippen LogP contribution in [0.25, 0.3) is 0 Å². The van der Waals surface area contributed by atoms with Gasteiger partial charge in [-0.1, -0.05) is 0 Å². The maximum atomic E-state index is 12.8. The number of aliphatic carboxylic acids is 1. The molecular formula is C12H19F3N2O4. The molecule has 0 aromatic carbocycles. The van der Waals surface area contributed by atoms with Gasteiger partial charge in [0, 0.05) is 19.7 Å². The molecule has 0 aliphatic carbocycles. The van der Waals surface area contributed by atoms with E-state index in [2.05, 4.69) is 0 Å². The highest BCUT2D eigenvalue weighted by Gasteiger charge is 2.58. The van der Waals surface area contributed by atoms with Gasteiger partial charge in [-0.2, -0.15) is 13.2 Å². The second-order valence-corrected chi connectivity index (χ2v) is 5.03. The average Bonchev–Trinajstić information content (AvgIpc) is 2.86. The molecule has 1 heterocycles. The van der Waals surface area contributed by atoms with Gasteiger partial charge in [-0.15, -0.1) is 0 Å². The summed E-state index contributed by atoms with van der Waals surface area (Å²) in [6, 6.07) is -1.07. The molecule has 0 aromatic heterocycles. The Bertz CT molecular complexity index is 396. The van der Waals surface area contributed by atoms with Gasteiger partial charge >= 0.3 is 18.2 Å². The van der Waals surface area contributed by atoms with Crippen molar-refractivity contribution in [3.63, 3.8) is 0 Å². The van der Waals surface area contributed by atoms with E-state index >= 15 is 0 Å². The second-order valence-electron chi connectivity index (χ2n) is 5.03. The van der Waals surface area contributed by atoms with Crippen LogP contribution < -0.4 is 5.32 Å². The molecule has 1 aliphatic rings. The van der Waals surface area contributed by atoms with Crippen LogP contribution in [0.5, 0.6) is 0 Å². The molecule has 2 atom stereocenters. The number of nitrogens with one attached hydrogen (secondary N) is 1. The molecule has 1 aliphatic heterocycles. The van der Waals surface area contributed by atoms with Crippen LogP contribution in [0.4, 0.5) is 18.0 Å². The summed E-state index contributed by atoms with van der Waals surface area (Å²) in [7, 11) is 0. The van der Waals surface area contributed by atoms with Crippen LogP contribution in [0.15, 0.2) is 0 Å². The first-order valence-corrected chi connectivity index (χ1v) is 6.60. The number of halogens is 3. The molecule has 2 unspecified atom stereocenters. The number of urea groups is 1. The van der Waals surface area contributed by atoms with Gasteiger partial charge < -0.3 is 20.1 Å². The molecule has 1 rings (SSSR count). The Morgan fingerprint density at radius 1 is 1.43 bits per heavy atom. The fraction of sp³-hybridized carbons (Fsp3) is 0.833. The molecule has 0 spiro atoms. The van der Waals surface area contributed by atoms with E-state index in [4.69, 9.17) is 9.84 Å².